The molecule has 0 aromatic heterocycles. The molecule has 0 unspecified atom stereocenters. The monoisotopic (exact) mass is 401 g/mol. The summed E-state index contributed by atoms with van der Waals surface area (Å²) in [5.74, 6) is -0.308. The molecule has 0 radical (unpaired) electrons. The summed E-state index contributed by atoms with van der Waals surface area (Å²) >= 11 is 0. The summed E-state index contributed by atoms with van der Waals surface area (Å²) in [6.07, 6.45) is 3.30. The number of rotatable bonds is 7. The van der Waals surface area contributed by atoms with Crippen molar-refractivity contribution in [1.82, 2.24) is 5.32 Å². The molecule has 1 aliphatic rings. The van der Waals surface area contributed by atoms with Gasteiger partial charge in [0.15, 0.2) is 0 Å². The topological polar surface area (TPSA) is 69.7 Å². The number of amides is 1. The first-order valence-corrected chi connectivity index (χ1v) is 11.3. The second kappa shape index (κ2) is 8.65. The van der Waals surface area contributed by atoms with Gasteiger partial charge in [-0.2, -0.15) is 0 Å². The lowest BCUT2D eigenvalue weighted by Gasteiger charge is -2.31. The molecule has 7 heteroatoms. The van der Waals surface area contributed by atoms with Crippen LogP contribution in [0.1, 0.15) is 17.5 Å². The van der Waals surface area contributed by atoms with Gasteiger partial charge in [0.1, 0.15) is 6.54 Å². The van der Waals surface area contributed by atoms with E-state index in [1.165, 1.54) is 11.3 Å². The minimum absolute atomic E-state index is 0.223. The molecule has 1 heterocycles. The van der Waals surface area contributed by atoms with Gasteiger partial charge in [0.05, 0.1) is 11.9 Å². The van der Waals surface area contributed by atoms with Crippen molar-refractivity contribution < 1.29 is 13.2 Å². The number of hydrogen-bond donors (Lipinski definition) is 1. The Hall–Kier alpha value is -2.54. The Morgan fingerprint density at radius 1 is 1.18 bits per heavy atom. The van der Waals surface area contributed by atoms with Crippen LogP contribution in [0.3, 0.4) is 0 Å². The van der Waals surface area contributed by atoms with Crippen LogP contribution in [0, 0.1) is 6.92 Å². The number of nitrogens with one attached hydrogen (secondary N) is 1. The van der Waals surface area contributed by atoms with E-state index >= 15 is 0 Å². The molecule has 28 heavy (non-hydrogen) atoms. The van der Waals surface area contributed by atoms with Crippen molar-refractivity contribution in [2.45, 2.75) is 19.8 Å². The van der Waals surface area contributed by atoms with Crippen LogP contribution in [0.15, 0.2) is 48.5 Å². The Labute approximate surface area is 167 Å². The number of aryl methyl sites for hydroxylation is 2. The minimum atomic E-state index is -3.55. The van der Waals surface area contributed by atoms with Crippen LogP contribution in [0.2, 0.25) is 0 Å². The molecule has 0 atom stereocenters. The molecule has 3 rings (SSSR count). The molecule has 1 N–H and O–H groups in total. The van der Waals surface area contributed by atoms with Gasteiger partial charge in [0.25, 0.3) is 0 Å². The summed E-state index contributed by atoms with van der Waals surface area (Å²) in [5.41, 5.74) is 4.00. The summed E-state index contributed by atoms with van der Waals surface area (Å²) in [5, 5.41) is 2.86. The number of fused-ring (bicyclic) bond motifs is 1. The number of anilines is 2. The number of carbonyl (C=O) groups is 1. The third kappa shape index (κ3) is 5.04. The van der Waals surface area contributed by atoms with Crippen LogP contribution in [-0.2, 0) is 21.2 Å². The fraction of sp³-hybridized carbons (Fsp3) is 0.381. The SMILES string of the molecule is Cc1cccc(N(CC(=O)NCCN2CCCc3ccccc32)S(C)(=O)=O)c1. The van der Waals surface area contributed by atoms with E-state index in [-0.39, 0.29) is 12.5 Å². The van der Waals surface area contributed by atoms with Crippen molar-refractivity contribution in [3.63, 3.8) is 0 Å². The Morgan fingerprint density at radius 2 is 1.96 bits per heavy atom. The van der Waals surface area contributed by atoms with Gasteiger partial charge in [-0.3, -0.25) is 9.10 Å². The van der Waals surface area contributed by atoms with Crippen LogP contribution in [0.4, 0.5) is 11.4 Å². The lowest BCUT2D eigenvalue weighted by atomic mass is 10.0. The Balaban J connectivity index is 1.59. The molecule has 2 aromatic rings. The predicted molar refractivity (Wildman–Crippen MR) is 113 cm³/mol. The Kier molecular flexibility index (Phi) is 6.24. The van der Waals surface area contributed by atoms with E-state index in [9.17, 15) is 13.2 Å². The molecule has 2 aromatic carbocycles. The highest BCUT2D eigenvalue weighted by Gasteiger charge is 2.21. The van der Waals surface area contributed by atoms with Gasteiger partial charge >= 0.3 is 0 Å². The van der Waals surface area contributed by atoms with E-state index in [1.54, 1.807) is 18.2 Å². The maximum atomic E-state index is 12.4. The van der Waals surface area contributed by atoms with Crippen molar-refractivity contribution in [2.24, 2.45) is 0 Å². The largest absolute Gasteiger partial charge is 0.370 e. The molecule has 0 spiro atoms. The van der Waals surface area contributed by atoms with Crippen LogP contribution in [-0.4, -0.2) is 46.8 Å². The van der Waals surface area contributed by atoms with Gasteiger partial charge in [-0.15, -0.1) is 0 Å². The van der Waals surface area contributed by atoms with Crippen LogP contribution < -0.4 is 14.5 Å². The second-order valence-electron chi connectivity index (χ2n) is 7.18. The van der Waals surface area contributed by atoms with Crippen molar-refractivity contribution >= 4 is 27.3 Å². The first-order chi connectivity index (χ1) is 13.3. The highest BCUT2D eigenvalue weighted by Crippen LogP contribution is 2.26. The number of para-hydroxylation sites is 1. The number of benzene rings is 2. The van der Waals surface area contributed by atoms with E-state index in [0.717, 1.165) is 35.5 Å². The molecule has 0 fully saturated rings. The third-order valence-electron chi connectivity index (χ3n) is 4.89. The molecule has 1 amide bonds. The normalized spacial score (nSPS) is 13.7. The zero-order chi connectivity index (χ0) is 20.1. The van der Waals surface area contributed by atoms with Gasteiger partial charge in [-0.1, -0.05) is 30.3 Å². The van der Waals surface area contributed by atoms with Crippen LogP contribution >= 0.6 is 0 Å². The zero-order valence-corrected chi connectivity index (χ0v) is 17.2. The van der Waals surface area contributed by atoms with Crippen molar-refractivity contribution in [2.75, 3.05) is 41.6 Å². The molecule has 1 aliphatic heterocycles. The average molecular weight is 402 g/mol. The Morgan fingerprint density at radius 3 is 2.71 bits per heavy atom. The molecule has 0 aliphatic carbocycles. The van der Waals surface area contributed by atoms with Gasteiger partial charge in [-0.05, 0) is 49.1 Å². The smallest absolute Gasteiger partial charge is 0.240 e. The fourth-order valence-electron chi connectivity index (χ4n) is 3.54. The van der Waals surface area contributed by atoms with Crippen LogP contribution in [0.5, 0.6) is 0 Å². The number of nitrogens with zero attached hydrogens (tertiary/aromatic N) is 2. The predicted octanol–water partition coefficient (Wildman–Crippen LogP) is 2.33. The first-order valence-electron chi connectivity index (χ1n) is 9.48. The highest BCUT2D eigenvalue weighted by molar-refractivity contribution is 7.92. The second-order valence-corrected chi connectivity index (χ2v) is 9.08. The molecule has 0 bridgehead atoms. The summed E-state index contributed by atoms with van der Waals surface area (Å²) in [6.45, 7) is 3.80. The average Bonchev–Trinajstić information content (AvgIpc) is 2.65. The zero-order valence-electron chi connectivity index (χ0n) is 16.4. The summed E-state index contributed by atoms with van der Waals surface area (Å²) in [4.78, 5) is 14.7. The number of hydrogen-bond acceptors (Lipinski definition) is 4. The van der Waals surface area contributed by atoms with Gasteiger partial charge in [-0.25, -0.2) is 8.42 Å². The minimum Gasteiger partial charge on any atom is -0.370 e. The van der Waals surface area contributed by atoms with Crippen molar-refractivity contribution in [3.8, 4) is 0 Å². The van der Waals surface area contributed by atoms with Crippen LogP contribution in [0.25, 0.3) is 0 Å². The number of carbonyl (C=O) groups excluding carboxylic acids is 1. The van der Waals surface area contributed by atoms with Crippen molar-refractivity contribution in [3.05, 3.63) is 59.7 Å². The van der Waals surface area contributed by atoms with E-state index in [4.69, 9.17) is 0 Å². The molecule has 0 saturated carbocycles. The maximum absolute atomic E-state index is 12.4. The molecule has 6 nitrogen and oxygen atoms in total. The summed E-state index contributed by atoms with van der Waals surface area (Å²) in [6, 6.07) is 15.5. The quantitative estimate of drug-likeness (QED) is 0.773. The third-order valence-corrected chi connectivity index (χ3v) is 6.03. The van der Waals surface area contributed by atoms with Crippen molar-refractivity contribution in [1.29, 1.82) is 0 Å². The van der Waals surface area contributed by atoms with E-state index in [0.29, 0.717) is 18.8 Å². The molecular weight excluding hydrogens is 374 g/mol. The van der Waals surface area contributed by atoms with E-state index in [1.807, 2.05) is 19.1 Å². The first kappa shape index (κ1) is 20.2. The van der Waals surface area contributed by atoms with Gasteiger partial charge in [0, 0.05) is 25.3 Å². The summed E-state index contributed by atoms with van der Waals surface area (Å²) in [7, 11) is -3.55. The van der Waals surface area contributed by atoms with E-state index in [2.05, 4.69) is 28.4 Å². The molecule has 0 saturated heterocycles. The lowest BCUT2D eigenvalue weighted by molar-refractivity contribution is -0.119. The standard InChI is InChI=1S/C21H27N3O3S/c1-17-7-5-10-19(15-17)24(28(2,26)27)16-21(25)22-12-14-23-13-6-9-18-8-3-4-11-20(18)23/h3-5,7-8,10-11,15H,6,9,12-14,16H2,1-2H3,(H,22,25). The highest BCUT2D eigenvalue weighted by atomic mass is 32.2. The molecular formula is C21H27N3O3S. The Bertz CT molecular complexity index is 943. The van der Waals surface area contributed by atoms with Gasteiger partial charge < -0.3 is 10.2 Å². The summed E-state index contributed by atoms with van der Waals surface area (Å²) < 4.78 is 25.5. The van der Waals surface area contributed by atoms with E-state index < -0.39 is 10.0 Å². The lowest BCUT2D eigenvalue weighted by Crippen LogP contribution is -2.43. The maximum Gasteiger partial charge on any atom is 0.240 e. The molecule has 150 valence electrons. The number of sulfonamides is 1. The van der Waals surface area contributed by atoms with Gasteiger partial charge in [0.2, 0.25) is 15.9 Å². The fourth-order valence-corrected chi connectivity index (χ4v) is 4.39.